The highest BCUT2D eigenvalue weighted by atomic mass is 19.2. The van der Waals surface area contributed by atoms with Crippen LogP contribution in [-0.4, -0.2) is 41.3 Å². The van der Waals surface area contributed by atoms with E-state index in [0.29, 0.717) is 38.2 Å². The predicted octanol–water partition coefficient (Wildman–Crippen LogP) is 5.46. The number of anilines is 1. The zero-order chi connectivity index (χ0) is 27.4. The standard InChI is InChI=1S/C28H24F3N3O4/c1-16-3-6-24-22(11-16)28(15-33(24)27(36)21-4-5-23(30)25(31)17(21)2)7-9-32(10-8-28)26(35)18-12-19(29)14-20(13-18)34(37)38/h3-6,11-14H,7-10,15H2,1-2H3. The fourth-order valence-corrected chi connectivity index (χ4v) is 5.54. The topological polar surface area (TPSA) is 83.8 Å². The second-order valence-electron chi connectivity index (χ2n) is 9.97. The number of benzene rings is 3. The van der Waals surface area contributed by atoms with Gasteiger partial charge in [-0.05, 0) is 56.5 Å². The van der Waals surface area contributed by atoms with Gasteiger partial charge in [-0.2, -0.15) is 0 Å². The Morgan fingerprint density at radius 3 is 2.34 bits per heavy atom. The van der Waals surface area contributed by atoms with Gasteiger partial charge in [-0.15, -0.1) is 0 Å². The Kier molecular flexibility index (Phi) is 6.21. The summed E-state index contributed by atoms with van der Waals surface area (Å²) in [5, 5.41) is 11.1. The Bertz CT molecular complexity index is 1500. The molecular formula is C28H24F3N3O4. The van der Waals surface area contributed by atoms with Crippen LogP contribution >= 0.6 is 0 Å². The van der Waals surface area contributed by atoms with E-state index in [9.17, 15) is 32.9 Å². The average Bonchev–Trinajstić information content (AvgIpc) is 3.19. The van der Waals surface area contributed by atoms with Crippen LogP contribution in [0.2, 0.25) is 0 Å². The highest BCUT2D eigenvalue weighted by molar-refractivity contribution is 6.08. The van der Waals surface area contributed by atoms with Gasteiger partial charge < -0.3 is 9.80 Å². The van der Waals surface area contributed by atoms with Gasteiger partial charge in [-0.25, -0.2) is 13.2 Å². The maximum Gasteiger partial charge on any atom is 0.273 e. The van der Waals surface area contributed by atoms with Crippen molar-refractivity contribution in [3.8, 4) is 0 Å². The number of aryl methyl sites for hydroxylation is 1. The number of nitrogens with zero attached hydrogens (tertiary/aromatic N) is 3. The van der Waals surface area contributed by atoms with Crippen LogP contribution in [0.4, 0.5) is 24.5 Å². The van der Waals surface area contributed by atoms with E-state index < -0.39 is 45.3 Å². The van der Waals surface area contributed by atoms with Crippen molar-refractivity contribution in [3.63, 3.8) is 0 Å². The second kappa shape index (κ2) is 9.27. The number of piperidine rings is 1. The first-order chi connectivity index (χ1) is 18.0. The largest absolute Gasteiger partial charge is 0.339 e. The molecule has 38 heavy (non-hydrogen) atoms. The first-order valence-electron chi connectivity index (χ1n) is 12.1. The Morgan fingerprint density at radius 1 is 0.947 bits per heavy atom. The van der Waals surface area contributed by atoms with Crippen molar-refractivity contribution in [2.45, 2.75) is 32.1 Å². The monoisotopic (exact) mass is 523 g/mol. The minimum absolute atomic E-state index is 0.0609. The van der Waals surface area contributed by atoms with E-state index in [0.717, 1.165) is 35.4 Å². The van der Waals surface area contributed by atoms with E-state index in [1.807, 2.05) is 25.1 Å². The molecule has 1 fully saturated rings. The molecule has 1 saturated heterocycles. The molecular weight excluding hydrogens is 499 g/mol. The van der Waals surface area contributed by atoms with Crippen molar-refractivity contribution >= 4 is 23.2 Å². The lowest BCUT2D eigenvalue weighted by atomic mass is 9.74. The highest BCUT2D eigenvalue weighted by Gasteiger charge is 2.47. The molecule has 2 heterocycles. The molecule has 0 bridgehead atoms. The molecule has 0 atom stereocenters. The number of carbonyl (C=O) groups is 2. The molecule has 10 heteroatoms. The molecule has 2 aliphatic rings. The van der Waals surface area contributed by atoms with Crippen LogP contribution in [0.15, 0.2) is 48.5 Å². The Labute approximate surface area is 216 Å². The molecule has 0 saturated carbocycles. The number of nitro groups is 1. The predicted molar refractivity (Wildman–Crippen MR) is 134 cm³/mol. The van der Waals surface area contributed by atoms with Gasteiger partial charge in [-0.1, -0.05) is 17.7 Å². The lowest BCUT2D eigenvalue weighted by molar-refractivity contribution is -0.385. The Morgan fingerprint density at radius 2 is 1.66 bits per heavy atom. The van der Waals surface area contributed by atoms with E-state index in [-0.39, 0.29) is 16.7 Å². The minimum atomic E-state index is -1.06. The first kappa shape index (κ1) is 25.4. The SMILES string of the molecule is Cc1ccc2c(c1)C1(CCN(C(=O)c3cc(F)cc([N+](=O)[O-])c3)CC1)CN2C(=O)c1ccc(F)c(F)c1C. The molecule has 3 aromatic rings. The highest BCUT2D eigenvalue weighted by Crippen LogP contribution is 2.48. The van der Waals surface area contributed by atoms with Crippen molar-refractivity contribution < 1.29 is 27.7 Å². The van der Waals surface area contributed by atoms with Crippen molar-refractivity contribution in [2.24, 2.45) is 0 Å². The number of amides is 2. The number of hydrogen-bond donors (Lipinski definition) is 0. The Balaban J connectivity index is 1.42. The van der Waals surface area contributed by atoms with Gasteiger partial charge in [0.05, 0.1) is 11.0 Å². The van der Waals surface area contributed by atoms with E-state index in [2.05, 4.69) is 0 Å². The van der Waals surface area contributed by atoms with Gasteiger partial charge in [-0.3, -0.25) is 19.7 Å². The van der Waals surface area contributed by atoms with Gasteiger partial charge in [0.15, 0.2) is 11.6 Å². The summed E-state index contributed by atoms with van der Waals surface area (Å²) in [5.41, 5.74) is 1.57. The third-order valence-corrected chi connectivity index (χ3v) is 7.64. The molecule has 7 nitrogen and oxygen atoms in total. The molecule has 0 unspecified atom stereocenters. The fraction of sp³-hybridized carbons (Fsp3) is 0.286. The third-order valence-electron chi connectivity index (χ3n) is 7.64. The normalized spacial score (nSPS) is 16.0. The molecule has 5 rings (SSSR count). The summed E-state index contributed by atoms with van der Waals surface area (Å²) in [6.45, 7) is 4.20. The fourth-order valence-electron chi connectivity index (χ4n) is 5.54. The summed E-state index contributed by atoms with van der Waals surface area (Å²) in [7, 11) is 0. The summed E-state index contributed by atoms with van der Waals surface area (Å²) in [4.78, 5) is 40.1. The first-order valence-corrected chi connectivity index (χ1v) is 12.1. The summed E-state index contributed by atoms with van der Waals surface area (Å²) in [6.07, 6.45) is 0.986. The maximum atomic E-state index is 14.2. The van der Waals surface area contributed by atoms with Crippen LogP contribution in [0, 0.1) is 41.4 Å². The number of hydrogen-bond acceptors (Lipinski definition) is 4. The molecule has 0 radical (unpaired) electrons. The van der Waals surface area contributed by atoms with Gasteiger partial charge in [0.1, 0.15) is 5.82 Å². The minimum Gasteiger partial charge on any atom is -0.339 e. The number of rotatable bonds is 3. The van der Waals surface area contributed by atoms with Gasteiger partial charge in [0.25, 0.3) is 17.5 Å². The molecule has 196 valence electrons. The van der Waals surface area contributed by atoms with Crippen LogP contribution in [-0.2, 0) is 5.41 Å². The molecule has 2 amide bonds. The molecule has 0 aromatic heterocycles. The van der Waals surface area contributed by atoms with Gasteiger partial charge in [0.2, 0.25) is 0 Å². The third kappa shape index (κ3) is 4.19. The summed E-state index contributed by atoms with van der Waals surface area (Å²) >= 11 is 0. The van der Waals surface area contributed by atoms with E-state index in [1.165, 1.54) is 17.9 Å². The van der Waals surface area contributed by atoms with Crippen LogP contribution in [0.1, 0.15) is 50.2 Å². The molecule has 0 N–H and O–H groups in total. The van der Waals surface area contributed by atoms with Crippen molar-refractivity contribution in [2.75, 3.05) is 24.5 Å². The summed E-state index contributed by atoms with van der Waals surface area (Å²) < 4.78 is 41.9. The number of fused-ring (bicyclic) bond motifs is 2. The van der Waals surface area contributed by atoms with Crippen LogP contribution < -0.4 is 4.90 Å². The van der Waals surface area contributed by atoms with Crippen molar-refractivity contribution in [1.82, 2.24) is 4.90 Å². The zero-order valence-corrected chi connectivity index (χ0v) is 20.8. The van der Waals surface area contributed by atoms with E-state index >= 15 is 0 Å². The molecule has 2 aliphatic heterocycles. The van der Waals surface area contributed by atoms with Crippen LogP contribution in [0.25, 0.3) is 0 Å². The van der Waals surface area contributed by atoms with E-state index in [4.69, 9.17) is 0 Å². The molecule has 3 aromatic carbocycles. The van der Waals surface area contributed by atoms with E-state index in [1.54, 1.807) is 4.90 Å². The number of carbonyl (C=O) groups excluding carboxylic acids is 2. The molecule has 0 aliphatic carbocycles. The smallest absolute Gasteiger partial charge is 0.273 e. The molecule has 1 spiro atoms. The number of halogens is 3. The van der Waals surface area contributed by atoms with Gasteiger partial charge >= 0.3 is 0 Å². The number of non-ortho nitro benzene ring substituents is 1. The number of nitro benzene ring substituents is 1. The van der Waals surface area contributed by atoms with Gasteiger partial charge in [0, 0.05) is 53.5 Å². The average molecular weight is 524 g/mol. The summed E-state index contributed by atoms with van der Waals surface area (Å²) in [5.74, 6) is -3.88. The van der Waals surface area contributed by atoms with Crippen molar-refractivity contribution in [3.05, 3.63) is 104 Å². The van der Waals surface area contributed by atoms with Crippen molar-refractivity contribution in [1.29, 1.82) is 0 Å². The second-order valence-corrected chi connectivity index (χ2v) is 9.97. The van der Waals surface area contributed by atoms with Crippen LogP contribution in [0.5, 0.6) is 0 Å². The Hall–Kier alpha value is -4.21. The lowest BCUT2D eigenvalue weighted by Gasteiger charge is -2.40. The lowest BCUT2D eigenvalue weighted by Crippen LogP contribution is -2.48. The maximum absolute atomic E-state index is 14.2. The number of likely N-dealkylation sites (tertiary alicyclic amines) is 1. The van der Waals surface area contributed by atoms with Crippen LogP contribution in [0.3, 0.4) is 0 Å². The zero-order valence-electron chi connectivity index (χ0n) is 20.8. The quantitative estimate of drug-likeness (QED) is 0.337. The summed E-state index contributed by atoms with van der Waals surface area (Å²) in [6, 6.07) is 10.8.